The van der Waals surface area contributed by atoms with Crippen LogP contribution in [0.3, 0.4) is 0 Å². The van der Waals surface area contributed by atoms with Gasteiger partial charge in [-0.3, -0.25) is 19.6 Å². The molecular formula is C46H60Cl4F2N4O. The lowest BCUT2D eigenvalue weighted by Gasteiger charge is -2.40. The molecule has 11 heteroatoms. The van der Waals surface area contributed by atoms with E-state index >= 15 is 0 Å². The Morgan fingerprint density at radius 2 is 0.772 bits per heavy atom. The third-order valence-electron chi connectivity index (χ3n) is 11.5. The summed E-state index contributed by atoms with van der Waals surface area (Å²) in [5.74, 6) is -0.312. The topological polar surface area (TPSA) is 44.5 Å². The molecular weight excluding hydrogens is 804 g/mol. The van der Waals surface area contributed by atoms with Gasteiger partial charge in [0.1, 0.15) is 11.6 Å². The van der Waals surface area contributed by atoms with Gasteiger partial charge in [-0.1, -0.05) is 97.1 Å². The summed E-state index contributed by atoms with van der Waals surface area (Å²) in [4.78, 5) is 10.5. The van der Waals surface area contributed by atoms with E-state index in [4.69, 9.17) is 0 Å². The average molecular weight is 865 g/mol. The molecule has 0 amide bonds. The molecule has 2 atom stereocenters. The van der Waals surface area contributed by atoms with Crippen molar-refractivity contribution in [2.45, 2.75) is 63.7 Å². The summed E-state index contributed by atoms with van der Waals surface area (Å²) < 4.78 is 26.2. The standard InChI is InChI=1S/2C23H27FN2.4ClH.H2O/c2*24-22-10-6-20(7-11-22)21-8-12-23(13-9-21)26-16-14-25(15-17-26)18-19-4-2-1-3-5-19;;;;;/h2*1-8,10-11,23H,9,12-18H2;4*1H;1H2. The van der Waals surface area contributed by atoms with Crippen molar-refractivity contribution in [3.05, 3.63) is 155 Å². The second kappa shape index (κ2) is 25.6. The van der Waals surface area contributed by atoms with E-state index in [0.29, 0.717) is 12.1 Å². The van der Waals surface area contributed by atoms with Gasteiger partial charge in [0.15, 0.2) is 0 Å². The number of hydrogen-bond acceptors (Lipinski definition) is 4. The molecule has 312 valence electrons. The predicted molar refractivity (Wildman–Crippen MR) is 243 cm³/mol. The van der Waals surface area contributed by atoms with Crippen LogP contribution in [0.4, 0.5) is 8.78 Å². The van der Waals surface area contributed by atoms with Crippen LogP contribution in [0.5, 0.6) is 0 Å². The first-order chi connectivity index (χ1) is 25.6. The minimum atomic E-state index is -0.156. The lowest BCUT2D eigenvalue weighted by atomic mass is 9.89. The van der Waals surface area contributed by atoms with Gasteiger partial charge < -0.3 is 5.48 Å². The van der Waals surface area contributed by atoms with Gasteiger partial charge in [0, 0.05) is 77.5 Å². The van der Waals surface area contributed by atoms with Gasteiger partial charge in [-0.15, -0.1) is 49.6 Å². The predicted octanol–water partition coefficient (Wildman–Crippen LogP) is 10.0. The summed E-state index contributed by atoms with van der Waals surface area (Å²) in [5, 5.41) is 0. The number of piperazine rings is 2. The van der Waals surface area contributed by atoms with Crippen LogP contribution in [0, 0.1) is 11.6 Å². The molecule has 0 saturated carbocycles. The first-order valence-electron chi connectivity index (χ1n) is 19.5. The Balaban J connectivity index is 0.000000362. The van der Waals surface area contributed by atoms with Gasteiger partial charge in [-0.2, -0.15) is 0 Å². The maximum absolute atomic E-state index is 13.1. The van der Waals surface area contributed by atoms with Crippen molar-refractivity contribution in [2.24, 2.45) is 0 Å². The van der Waals surface area contributed by atoms with Crippen molar-refractivity contribution in [2.75, 3.05) is 52.4 Å². The lowest BCUT2D eigenvalue weighted by molar-refractivity contribution is 0.0881. The summed E-state index contributed by atoms with van der Waals surface area (Å²) >= 11 is 0. The molecule has 2 heterocycles. The molecule has 0 aromatic heterocycles. The lowest BCUT2D eigenvalue weighted by Crippen LogP contribution is -2.50. The van der Waals surface area contributed by atoms with Gasteiger partial charge >= 0.3 is 0 Å². The maximum Gasteiger partial charge on any atom is 0.123 e. The van der Waals surface area contributed by atoms with E-state index in [1.807, 2.05) is 24.3 Å². The number of nitrogens with zero attached hydrogens (tertiary/aromatic N) is 4. The van der Waals surface area contributed by atoms with Crippen molar-refractivity contribution in [1.29, 1.82) is 0 Å². The SMILES string of the molecule is Cl.Cl.Cl.Cl.Fc1ccc(C2=CCC(N3CCN(Cc4ccccc4)CC3)CC2)cc1.Fc1ccc(C2=CCC(N3CCN(Cc4ccccc4)CC3)CC2)cc1.O. The minimum absolute atomic E-state index is 0. The third-order valence-corrected chi connectivity index (χ3v) is 11.5. The number of rotatable bonds is 8. The summed E-state index contributed by atoms with van der Waals surface area (Å²) in [6.07, 6.45) is 11.6. The van der Waals surface area contributed by atoms with Gasteiger partial charge in [-0.05, 0) is 96.2 Å². The molecule has 2 unspecified atom stereocenters. The van der Waals surface area contributed by atoms with Gasteiger partial charge in [0.05, 0.1) is 0 Å². The van der Waals surface area contributed by atoms with Crippen molar-refractivity contribution in [3.63, 3.8) is 0 Å². The van der Waals surface area contributed by atoms with Crippen LogP contribution < -0.4 is 0 Å². The highest BCUT2D eigenvalue weighted by Crippen LogP contribution is 2.31. The van der Waals surface area contributed by atoms with Crippen LogP contribution in [-0.2, 0) is 13.1 Å². The first kappa shape index (κ1) is 50.3. The van der Waals surface area contributed by atoms with E-state index in [0.717, 1.165) is 91.1 Å². The minimum Gasteiger partial charge on any atom is -0.412 e. The Bertz CT molecular complexity index is 1620. The fraction of sp³-hybridized carbons (Fsp3) is 0.391. The van der Waals surface area contributed by atoms with Crippen molar-refractivity contribution >= 4 is 60.8 Å². The Labute approximate surface area is 364 Å². The van der Waals surface area contributed by atoms with Crippen LogP contribution in [0.15, 0.2) is 121 Å². The molecule has 2 aliphatic heterocycles. The summed E-state index contributed by atoms with van der Waals surface area (Å²) in [6.45, 7) is 11.4. The summed E-state index contributed by atoms with van der Waals surface area (Å²) in [7, 11) is 0. The molecule has 0 spiro atoms. The van der Waals surface area contributed by atoms with Crippen molar-refractivity contribution in [1.82, 2.24) is 19.6 Å². The van der Waals surface area contributed by atoms with Crippen LogP contribution in [-0.4, -0.2) is 89.5 Å². The van der Waals surface area contributed by atoms with E-state index in [1.54, 1.807) is 24.3 Å². The number of hydrogen-bond donors (Lipinski definition) is 0. The second-order valence-electron chi connectivity index (χ2n) is 14.9. The largest absolute Gasteiger partial charge is 0.412 e. The zero-order chi connectivity index (χ0) is 35.5. The first-order valence-corrected chi connectivity index (χ1v) is 19.5. The zero-order valence-electron chi connectivity index (χ0n) is 32.7. The Hall–Kier alpha value is -2.82. The highest BCUT2D eigenvalue weighted by atomic mass is 35.5. The van der Waals surface area contributed by atoms with Crippen molar-refractivity contribution < 1.29 is 14.3 Å². The Morgan fingerprint density at radius 3 is 1.07 bits per heavy atom. The van der Waals surface area contributed by atoms with Crippen molar-refractivity contribution in [3.8, 4) is 0 Å². The molecule has 4 aromatic rings. The Kier molecular flexibility index (Phi) is 22.6. The van der Waals surface area contributed by atoms with E-state index in [-0.39, 0.29) is 66.7 Å². The Morgan fingerprint density at radius 1 is 0.439 bits per heavy atom. The number of halogens is 6. The quantitative estimate of drug-likeness (QED) is 0.177. The van der Waals surface area contributed by atoms with Crippen LogP contribution >= 0.6 is 49.6 Å². The molecule has 8 rings (SSSR count). The zero-order valence-corrected chi connectivity index (χ0v) is 36.0. The van der Waals surface area contributed by atoms with Crippen LogP contribution in [0.25, 0.3) is 11.1 Å². The highest BCUT2D eigenvalue weighted by molar-refractivity contribution is 5.86. The molecule has 57 heavy (non-hydrogen) atoms. The normalized spacial score (nSPS) is 20.2. The van der Waals surface area contributed by atoms with E-state index in [9.17, 15) is 8.78 Å². The summed E-state index contributed by atoms with van der Waals surface area (Å²) in [5.41, 5.74) is 7.93. The molecule has 5 nitrogen and oxygen atoms in total. The number of allylic oxidation sites excluding steroid dienone is 2. The fourth-order valence-electron chi connectivity index (χ4n) is 8.41. The van der Waals surface area contributed by atoms with Crippen LogP contribution in [0.1, 0.15) is 60.8 Å². The molecule has 0 bridgehead atoms. The molecule has 2 fully saturated rings. The molecule has 2 saturated heterocycles. The van der Waals surface area contributed by atoms with E-state index in [2.05, 4.69) is 92.4 Å². The number of benzene rings is 4. The van der Waals surface area contributed by atoms with E-state index < -0.39 is 0 Å². The molecule has 2 aliphatic carbocycles. The maximum atomic E-state index is 13.1. The molecule has 0 radical (unpaired) electrons. The third kappa shape index (κ3) is 14.8. The van der Waals surface area contributed by atoms with Gasteiger partial charge in [0.2, 0.25) is 0 Å². The van der Waals surface area contributed by atoms with Gasteiger partial charge in [-0.25, -0.2) is 8.78 Å². The smallest absolute Gasteiger partial charge is 0.123 e. The fourth-order valence-corrected chi connectivity index (χ4v) is 8.41. The van der Waals surface area contributed by atoms with E-state index in [1.165, 1.54) is 46.2 Å². The molecule has 4 aromatic carbocycles. The highest BCUT2D eigenvalue weighted by Gasteiger charge is 2.27. The van der Waals surface area contributed by atoms with Gasteiger partial charge in [0.25, 0.3) is 0 Å². The van der Waals surface area contributed by atoms with Crippen LogP contribution in [0.2, 0.25) is 0 Å². The second-order valence-corrected chi connectivity index (χ2v) is 14.9. The monoisotopic (exact) mass is 862 g/mol. The molecule has 2 N–H and O–H groups in total. The summed E-state index contributed by atoms with van der Waals surface area (Å²) in [6, 6.07) is 36.7. The average Bonchev–Trinajstić information content (AvgIpc) is 3.20. The molecule has 4 aliphatic rings.